The van der Waals surface area contributed by atoms with Crippen molar-refractivity contribution >= 4 is 57.2 Å². The first-order valence-electron chi connectivity index (χ1n) is 17.9. The molecule has 0 radical (unpaired) electrons. The van der Waals surface area contributed by atoms with Gasteiger partial charge >= 0.3 is 0 Å². The Labute approximate surface area is 329 Å². The summed E-state index contributed by atoms with van der Waals surface area (Å²) in [7, 11) is 1.76. The summed E-state index contributed by atoms with van der Waals surface area (Å²) < 4.78 is 26.3. The Balaban J connectivity index is 0.834. The van der Waals surface area contributed by atoms with E-state index in [1.54, 1.807) is 42.0 Å². The number of rotatable bonds is 12. The van der Waals surface area contributed by atoms with Crippen molar-refractivity contribution in [1.29, 1.82) is 0 Å². The number of ether oxygens (including phenoxy) is 4. The second-order valence-corrected chi connectivity index (χ2v) is 15.3. The van der Waals surface area contributed by atoms with E-state index in [2.05, 4.69) is 85.4 Å². The van der Waals surface area contributed by atoms with Gasteiger partial charge in [-0.15, -0.1) is 0 Å². The van der Waals surface area contributed by atoms with Crippen LogP contribution in [0.15, 0.2) is 115 Å². The second-order valence-electron chi connectivity index (χ2n) is 13.4. The number of nitrogens with zero attached hydrogens (tertiary/aromatic N) is 7. The van der Waals surface area contributed by atoms with E-state index in [-0.39, 0.29) is 18.1 Å². The van der Waals surface area contributed by atoms with E-state index < -0.39 is 5.79 Å². The molecule has 0 aliphatic carbocycles. The van der Waals surface area contributed by atoms with Gasteiger partial charge in [0, 0.05) is 61.8 Å². The summed E-state index contributed by atoms with van der Waals surface area (Å²) in [6.07, 6.45) is 2.76. The Hall–Kier alpha value is -4.30. The summed E-state index contributed by atoms with van der Waals surface area (Å²) in [5.41, 5.74) is 5.33. The van der Waals surface area contributed by atoms with Crippen LogP contribution in [0.3, 0.4) is 0 Å². The zero-order valence-electron chi connectivity index (χ0n) is 29.8. The van der Waals surface area contributed by atoms with Gasteiger partial charge in [0.25, 0.3) is 0 Å². The van der Waals surface area contributed by atoms with Crippen LogP contribution in [0.1, 0.15) is 11.1 Å². The molecule has 4 aromatic carbocycles. The van der Waals surface area contributed by atoms with Crippen molar-refractivity contribution in [3.8, 4) is 5.75 Å². The zero-order valence-corrected chi connectivity index (χ0v) is 32.2. The molecular formula is C40H41Cl2N7O4S. The molecule has 3 unspecified atom stereocenters. The van der Waals surface area contributed by atoms with Crippen molar-refractivity contribution in [1.82, 2.24) is 19.7 Å². The third kappa shape index (κ3) is 8.49. The minimum atomic E-state index is -1.15. The SMILES string of the molecule is COC1CN(Cc2ccccc2)/C(=N/c2ccc(N3CCN(c4ccc(OCC5COC(Cn6cncn6)(c6ccc(Cl)cc6Cl)O5)cc4)CC3)cc2)S1. The molecule has 0 spiro atoms. The number of benzene rings is 4. The predicted molar refractivity (Wildman–Crippen MR) is 214 cm³/mol. The van der Waals surface area contributed by atoms with Gasteiger partial charge < -0.3 is 33.6 Å². The lowest BCUT2D eigenvalue weighted by atomic mass is 10.1. The number of aromatic nitrogens is 3. The highest BCUT2D eigenvalue weighted by atomic mass is 35.5. The van der Waals surface area contributed by atoms with Gasteiger partial charge in [-0.2, -0.15) is 5.10 Å². The van der Waals surface area contributed by atoms with Gasteiger partial charge in [-0.05, 0) is 66.2 Å². The van der Waals surface area contributed by atoms with Crippen LogP contribution in [0, 0.1) is 0 Å². The van der Waals surface area contributed by atoms with Gasteiger partial charge in [0.2, 0.25) is 5.79 Å². The van der Waals surface area contributed by atoms with Crippen molar-refractivity contribution in [2.45, 2.75) is 30.4 Å². The quantitative estimate of drug-likeness (QED) is 0.127. The van der Waals surface area contributed by atoms with Gasteiger partial charge in [-0.25, -0.2) is 14.7 Å². The second kappa shape index (κ2) is 16.6. The van der Waals surface area contributed by atoms with E-state index in [0.717, 1.165) is 55.9 Å². The normalized spacial score (nSPS) is 22.4. The summed E-state index contributed by atoms with van der Waals surface area (Å²) in [4.78, 5) is 16.2. The van der Waals surface area contributed by atoms with Crippen molar-refractivity contribution < 1.29 is 18.9 Å². The standard InChI is InChI=1S/C40H41Cl2N7O4S/c1-50-38-23-48(22-29-5-3-2-4-6-29)39(54-38)45-31-8-10-32(11-9-31)46-17-19-47(20-18-46)33-12-14-34(15-13-33)51-24-35-25-52-40(53-35,26-49-28-43-27-44-49)36-16-7-30(41)21-37(36)42/h2-16,21,27-28,35,38H,17-20,22-26H2,1H3/b45-39-. The average Bonchev–Trinajstić information content (AvgIpc) is 3.96. The molecule has 3 fully saturated rings. The highest BCUT2D eigenvalue weighted by Gasteiger charge is 2.45. The Morgan fingerprint density at radius 3 is 2.30 bits per heavy atom. The van der Waals surface area contributed by atoms with Gasteiger partial charge in [-0.3, -0.25) is 0 Å². The molecular weight excluding hydrogens is 745 g/mol. The van der Waals surface area contributed by atoms with Crippen LogP contribution in [-0.2, 0) is 33.1 Å². The van der Waals surface area contributed by atoms with Crippen molar-refractivity contribution in [3.63, 3.8) is 0 Å². The summed E-state index contributed by atoms with van der Waals surface area (Å²) in [6, 6.07) is 32.6. The minimum absolute atomic E-state index is 0.0772. The molecule has 3 saturated heterocycles. The highest BCUT2D eigenvalue weighted by Crippen LogP contribution is 2.40. The zero-order chi connectivity index (χ0) is 36.9. The fourth-order valence-electron chi connectivity index (χ4n) is 6.94. The molecule has 0 saturated carbocycles. The number of piperazine rings is 1. The number of anilines is 2. The van der Waals surface area contributed by atoms with Gasteiger partial charge in [0.15, 0.2) is 5.17 Å². The van der Waals surface area contributed by atoms with E-state index >= 15 is 0 Å². The number of methoxy groups -OCH3 is 1. The van der Waals surface area contributed by atoms with E-state index in [4.69, 9.17) is 47.1 Å². The molecule has 3 aliphatic heterocycles. The van der Waals surface area contributed by atoms with Crippen LogP contribution >= 0.6 is 35.0 Å². The monoisotopic (exact) mass is 785 g/mol. The van der Waals surface area contributed by atoms with Gasteiger partial charge in [-0.1, -0.05) is 71.4 Å². The molecule has 54 heavy (non-hydrogen) atoms. The highest BCUT2D eigenvalue weighted by molar-refractivity contribution is 8.14. The van der Waals surface area contributed by atoms with E-state index in [1.165, 1.54) is 23.3 Å². The van der Waals surface area contributed by atoms with E-state index in [9.17, 15) is 0 Å². The molecule has 4 heterocycles. The van der Waals surface area contributed by atoms with Crippen LogP contribution < -0.4 is 14.5 Å². The third-order valence-corrected chi connectivity index (χ3v) is 11.5. The predicted octanol–water partition coefficient (Wildman–Crippen LogP) is 7.47. The van der Waals surface area contributed by atoms with Crippen LogP contribution in [0.25, 0.3) is 0 Å². The molecule has 14 heteroatoms. The number of hydrogen-bond acceptors (Lipinski definition) is 10. The molecule has 3 aliphatic rings. The Bertz CT molecular complexity index is 2020. The van der Waals surface area contributed by atoms with Crippen molar-refractivity contribution in [2.24, 2.45) is 4.99 Å². The molecule has 11 nitrogen and oxygen atoms in total. The fourth-order valence-corrected chi connectivity index (χ4v) is 8.52. The molecule has 280 valence electrons. The maximum absolute atomic E-state index is 6.60. The number of aliphatic imine (C=N–C) groups is 1. The summed E-state index contributed by atoms with van der Waals surface area (Å²) >= 11 is 14.5. The molecule has 0 bridgehead atoms. The molecule has 3 atom stereocenters. The van der Waals surface area contributed by atoms with Crippen LogP contribution in [0.5, 0.6) is 5.75 Å². The van der Waals surface area contributed by atoms with Gasteiger partial charge in [0.1, 0.15) is 43.1 Å². The number of halogens is 2. The first-order valence-corrected chi connectivity index (χ1v) is 19.6. The largest absolute Gasteiger partial charge is 0.491 e. The van der Waals surface area contributed by atoms with Crippen molar-refractivity contribution in [2.75, 3.05) is 62.8 Å². The molecule has 1 aromatic heterocycles. The summed E-state index contributed by atoms with van der Waals surface area (Å²) in [5.74, 6) is -0.390. The van der Waals surface area contributed by atoms with Crippen LogP contribution in [0.2, 0.25) is 10.0 Å². The van der Waals surface area contributed by atoms with E-state index in [0.29, 0.717) is 28.8 Å². The molecule has 5 aromatic rings. The molecule has 8 rings (SSSR count). The fraction of sp³-hybridized carbons (Fsp3) is 0.325. The Morgan fingerprint density at radius 1 is 0.907 bits per heavy atom. The van der Waals surface area contributed by atoms with Crippen molar-refractivity contribution in [3.05, 3.63) is 131 Å². The number of hydrogen-bond donors (Lipinski definition) is 0. The molecule has 0 N–H and O–H groups in total. The number of amidine groups is 1. The summed E-state index contributed by atoms with van der Waals surface area (Å²) in [5, 5.41) is 6.23. The topological polar surface area (TPSA) is 89.7 Å². The first kappa shape index (κ1) is 36.7. The lowest BCUT2D eigenvalue weighted by Crippen LogP contribution is -2.46. The average molecular weight is 787 g/mol. The Kier molecular flexibility index (Phi) is 11.3. The lowest BCUT2D eigenvalue weighted by molar-refractivity contribution is -0.190. The molecule has 0 amide bonds. The van der Waals surface area contributed by atoms with Crippen LogP contribution in [0.4, 0.5) is 17.1 Å². The maximum atomic E-state index is 6.60. The Morgan fingerprint density at radius 2 is 1.63 bits per heavy atom. The first-order chi connectivity index (χ1) is 26.4. The number of thioether (sulfide) groups is 1. The van der Waals surface area contributed by atoms with Gasteiger partial charge in [0.05, 0.1) is 23.9 Å². The third-order valence-electron chi connectivity index (χ3n) is 9.75. The lowest BCUT2D eigenvalue weighted by Gasteiger charge is -2.37. The summed E-state index contributed by atoms with van der Waals surface area (Å²) in [6.45, 7) is 6.23. The van der Waals surface area contributed by atoms with Crippen LogP contribution in [-0.4, -0.2) is 89.4 Å². The van der Waals surface area contributed by atoms with E-state index in [1.807, 2.05) is 24.3 Å². The minimum Gasteiger partial charge on any atom is -0.491 e. The smallest absolute Gasteiger partial charge is 0.217 e. The maximum Gasteiger partial charge on any atom is 0.217 e.